The van der Waals surface area contributed by atoms with Gasteiger partial charge in [-0.05, 0) is 24.5 Å². The van der Waals surface area contributed by atoms with Gasteiger partial charge < -0.3 is 10.6 Å². The van der Waals surface area contributed by atoms with Crippen molar-refractivity contribution >= 4 is 11.8 Å². The van der Waals surface area contributed by atoms with E-state index in [9.17, 15) is 4.39 Å². The lowest BCUT2D eigenvalue weighted by molar-refractivity contribution is 0.610. The molecule has 0 aliphatic heterocycles. The van der Waals surface area contributed by atoms with Gasteiger partial charge in [0.05, 0.1) is 6.20 Å². The number of benzene rings is 1. The zero-order valence-corrected chi connectivity index (χ0v) is 12.1. The lowest BCUT2D eigenvalue weighted by Crippen LogP contribution is -2.11. The number of halogens is 1. The zero-order valence-electron chi connectivity index (χ0n) is 12.1. The Morgan fingerprint density at radius 3 is 2.81 bits per heavy atom. The molecule has 1 heterocycles. The summed E-state index contributed by atoms with van der Waals surface area (Å²) in [5.74, 6) is 0.974. The van der Waals surface area contributed by atoms with Crippen LogP contribution in [0.25, 0.3) is 0 Å². The largest absolute Gasteiger partial charge is 0.368 e. The van der Waals surface area contributed by atoms with E-state index in [1.165, 1.54) is 6.07 Å². The van der Waals surface area contributed by atoms with E-state index in [1.807, 2.05) is 6.07 Å². The van der Waals surface area contributed by atoms with Crippen molar-refractivity contribution < 1.29 is 4.39 Å². The van der Waals surface area contributed by atoms with Crippen molar-refractivity contribution in [1.29, 1.82) is 0 Å². The molecule has 6 heteroatoms. The predicted molar refractivity (Wildman–Crippen MR) is 81.8 cm³/mol. The maximum Gasteiger partial charge on any atom is 0.244 e. The molecule has 21 heavy (non-hydrogen) atoms. The molecule has 0 fully saturated rings. The maximum atomic E-state index is 13.5. The second-order valence-corrected chi connectivity index (χ2v) is 4.71. The minimum absolute atomic E-state index is 0.179. The van der Waals surface area contributed by atoms with Crippen molar-refractivity contribution in [3.63, 3.8) is 0 Å². The third-order valence-corrected chi connectivity index (χ3v) is 3.03. The number of hydrogen-bond donors (Lipinski definition) is 2. The van der Waals surface area contributed by atoms with Crippen LogP contribution in [0.2, 0.25) is 0 Å². The summed E-state index contributed by atoms with van der Waals surface area (Å²) in [6.45, 7) is 3.55. The first-order valence-electron chi connectivity index (χ1n) is 7.20. The first-order valence-corrected chi connectivity index (χ1v) is 7.20. The van der Waals surface area contributed by atoms with Crippen LogP contribution in [0, 0.1) is 5.82 Å². The molecule has 0 radical (unpaired) electrons. The SMILES string of the molecule is CCCCNc1nncc(NCCc2ccccc2F)n1. The number of hydrogen-bond acceptors (Lipinski definition) is 5. The van der Waals surface area contributed by atoms with Crippen molar-refractivity contribution in [2.75, 3.05) is 23.7 Å². The van der Waals surface area contributed by atoms with Gasteiger partial charge in [-0.2, -0.15) is 10.1 Å². The Labute approximate surface area is 124 Å². The average molecular weight is 289 g/mol. The van der Waals surface area contributed by atoms with Crippen LogP contribution < -0.4 is 10.6 Å². The number of rotatable bonds is 8. The number of nitrogens with zero attached hydrogens (tertiary/aromatic N) is 3. The molecule has 2 N–H and O–H groups in total. The molecular weight excluding hydrogens is 269 g/mol. The fourth-order valence-electron chi connectivity index (χ4n) is 1.87. The van der Waals surface area contributed by atoms with Gasteiger partial charge in [0, 0.05) is 13.1 Å². The van der Waals surface area contributed by atoms with Gasteiger partial charge in [-0.15, -0.1) is 5.10 Å². The van der Waals surface area contributed by atoms with Gasteiger partial charge >= 0.3 is 0 Å². The van der Waals surface area contributed by atoms with Crippen molar-refractivity contribution in [2.24, 2.45) is 0 Å². The molecule has 0 aliphatic rings. The summed E-state index contributed by atoms with van der Waals surface area (Å²) < 4.78 is 13.5. The van der Waals surface area contributed by atoms with Crippen LogP contribution in [0.1, 0.15) is 25.3 Å². The summed E-state index contributed by atoms with van der Waals surface area (Å²) in [5, 5.41) is 14.1. The van der Waals surface area contributed by atoms with Gasteiger partial charge in [0.15, 0.2) is 5.82 Å². The molecule has 1 aromatic heterocycles. The second-order valence-electron chi connectivity index (χ2n) is 4.71. The van der Waals surface area contributed by atoms with E-state index in [-0.39, 0.29) is 5.82 Å². The molecule has 0 atom stereocenters. The van der Waals surface area contributed by atoms with Gasteiger partial charge in [0.1, 0.15) is 5.82 Å². The Morgan fingerprint density at radius 2 is 2.00 bits per heavy atom. The van der Waals surface area contributed by atoms with Crippen LogP contribution in [0.5, 0.6) is 0 Å². The minimum Gasteiger partial charge on any atom is -0.368 e. The Kier molecular flexibility index (Phi) is 5.87. The van der Waals surface area contributed by atoms with E-state index in [0.29, 0.717) is 30.3 Å². The van der Waals surface area contributed by atoms with Gasteiger partial charge in [-0.3, -0.25) is 0 Å². The van der Waals surface area contributed by atoms with Gasteiger partial charge in [-0.1, -0.05) is 31.5 Å². The molecule has 5 nitrogen and oxygen atoms in total. The maximum absolute atomic E-state index is 13.5. The molecule has 0 saturated heterocycles. The van der Waals surface area contributed by atoms with Gasteiger partial charge in [-0.25, -0.2) is 4.39 Å². The Hall–Kier alpha value is -2.24. The van der Waals surface area contributed by atoms with E-state index in [0.717, 1.165) is 19.4 Å². The highest BCUT2D eigenvalue weighted by atomic mass is 19.1. The molecule has 2 aromatic rings. The summed E-state index contributed by atoms with van der Waals surface area (Å²) in [7, 11) is 0. The molecule has 0 saturated carbocycles. The molecule has 0 amide bonds. The lowest BCUT2D eigenvalue weighted by atomic mass is 10.1. The summed E-state index contributed by atoms with van der Waals surface area (Å²) >= 11 is 0. The standard InChI is InChI=1S/C15H20FN5/c1-2-3-9-18-15-20-14(11-19-21-15)17-10-8-12-6-4-5-7-13(12)16/h4-7,11H,2-3,8-10H2,1H3,(H2,17,18,20,21). The van der Waals surface area contributed by atoms with Gasteiger partial charge in [0.2, 0.25) is 5.95 Å². The van der Waals surface area contributed by atoms with Crippen LogP contribution in [0.15, 0.2) is 30.5 Å². The number of aromatic nitrogens is 3. The van der Waals surface area contributed by atoms with Gasteiger partial charge in [0.25, 0.3) is 0 Å². The van der Waals surface area contributed by atoms with E-state index >= 15 is 0 Å². The summed E-state index contributed by atoms with van der Waals surface area (Å²) in [6, 6.07) is 6.78. The Balaban J connectivity index is 1.83. The third kappa shape index (κ3) is 4.98. The molecule has 0 bridgehead atoms. The first kappa shape index (κ1) is 15.2. The van der Waals surface area contributed by atoms with Crippen LogP contribution in [-0.2, 0) is 6.42 Å². The van der Waals surface area contributed by atoms with Crippen molar-refractivity contribution in [3.8, 4) is 0 Å². The zero-order chi connectivity index (χ0) is 14.9. The molecule has 0 unspecified atom stereocenters. The van der Waals surface area contributed by atoms with Crippen molar-refractivity contribution in [1.82, 2.24) is 15.2 Å². The number of nitrogens with one attached hydrogen (secondary N) is 2. The normalized spacial score (nSPS) is 10.4. The van der Waals surface area contributed by atoms with Crippen LogP contribution in [0.4, 0.5) is 16.2 Å². The highest BCUT2D eigenvalue weighted by Crippen LogP contribution is 2.08. The topological polar surface area (TPSA) is 62.7 Å². The van der Waals surface area contributed by atoms with E-state index in [4.69, 9.17) is 0 Å². The van der Waals surface area contributed by atoms with Crippen LogP contribution >= 0.6 is 0 Å². The fourth-order valence-corrected chi connectivity index (χ4v) is 1.87. The second kappa shape index (κ2) is 8.14. The number of unbranched alkanes of at least 4 members (excludes halogenated alkanes) is 1. The molecule has 112 valence electrons. The minimum atomic E-state index is -0.179. The molecule has 1 aromatic carbocycles. The monoisotopic (exact) mass is 289 g/mol. The fraction of sp³-hybridized carbons (Fsp3) is 0.400. The van der Waals surface area contributed by atoms with Crippen LogP contribution in [-0.4, -0.2) is 28.3 Å². The Morgan fingerprint density at radius 1 is 1.14 bits per heavy atom. The molecular formula is C15H20FN5. The van der Waals surface area contributed by atoms with Crippen molar-refractivity contribution in [2.45, 2.75) is 26.2 Å². The highest BCUT2D eigenvalue weighted by Gasteiger charge is 2.02. The highest BCUT2D eigenvalue weighted by molar-refractivity contribution is 5.37. The smallest absolute Gasteiger partial charge is 0.244 e. The van der Waals surface area contributed by atoms with E-state index in [1.54, 1.807) is 18.3 Å². The number of anilines is 2. The van der Waals surface area contributed by atoms with Crippen LogP contribution in [0.3, 0.4) is 0 Å². The van der Waals surface area contributed by atoms with E-state index in [2.05, 4.69) is 32.7 Å². The van der Waals surface area contributed by atoms with Crippen molar-refractivity contribution in [3.05, 3.63) is 41.8 Å². The van der Waals surface area contributed by atoms with E-state index < -0.39 is 0 Å². The lowest BCUT2D eigenvalue weighted by Gasteiger charge is -2.07. The average Bonchev–Trinajstić information content (AvgIpc) is 2.50. The summed E-state index contributed by atoms with van der Waals surface area (Å²) in [5.41, 5.74) is 0.688. The predicted octanol–water partition coefficient (Wildman–Crippen LogP) is 2.88. The first-order chi connectivity index (χ1) is 10.3. The molecule has 2 rings (SSSR count). The summed E-state index contributed by atoms with van der Waals surface area (Å²) in [4.78, 5) is 4.31. The summed E-state index contributed by atoms with van der Waals surface area (Å²) in [6.07, 6.45) is 4.33. The molecule has 0 spiro atoms. The quantitative estimate of drug-likeness (QED) is 0.732. The third-order valence-electron chi connectivity index (χ3n) is 3.03. The Bertz CT molecular complexity index is 561. The molecule has 0 aliphatic carbocycles.